The van der Waals surface area contributed by atoms with Gasteiger partial charge in [-0.2, -0.15) is 5.26 Å². The third-order valence-electron chi connectivity index (χ3n) is 1.83. The quantitative estimate of drug-likeness (QED) is 0.811. The number of carboxylic acid groups (broad SMARTS) is 1. The van der Waals surface area contributed by atoms with Crippen molar-refractivity contribution in [3.05, 3.63) is 23.0 Å². The van der Waals surface area contributed by atoms with Crippen molar-refractivity contribution in [2.75, 3.05) is 0 Å². The molecule has 2 N–H and O–H groups in total. The van der Waals surface area contributed by atoms with E-state index in [-0.39, 0.29) is 5.69 Å². The molecule has 0 aliphatic heterocycles. The van der Waals surface area contributed by atoms with E-state index in [1.807, 2.05) is 0 Å². The van der Waals surface area contributed by atoms with Crippen LogP contribution in [0.5, 0.6) is 5.75 Å². The molecule has 0 amide bonds. The van der Waals surface area contributed by atoms with Gasteiger partial charge in [0.05, 0.1) is 29.4 Å². The van der Waals surface area contributed by atoms with Gasteiger partial charge in [0.2, 0.25) is 0 Å². The molecule has 16 heavy (non-hydrogen) atoms. The van der Waals surface area contributed by atoms with Crippen LogP contribution in [0.25, 0.3) is 0 Å². The van der Waals surface area contributed by atoms with Gasteiger partial charge in [-0.15, -0.1) is 0 Å². The standard InChI is InChI=1S/C9H6F2N2O3/c10-9(11)8-4(2-12)5(1-7(15)16)13-3-6(8)14/h3,9,14H,1H2,(H,15,16). The molecule has 5 nitrogen and oxygen atoms in total. The van der Waals surface area contributed by atoms with E-state index in [0.29, 0.717) is 6.20 Å². The monoisotopic (exact) mass is 228 g/mol. The van der Waals surface area contributed by atoms with E-state index in [2.05, 4.69) is 4.98 Å². The smallest absolute Gasteiger partial charge is 0.309 e. The Labute approximate surface area is 88.6 Å². The van der Waals surface area contributed by atoms with Crippen LogP contribution >= 0.6 is 0 Å². The first-order chi connectivity index (χ1) is 7.47. The Hall–Kier alpha value is -2.23. The molecule has 7 heteroatoms. The lowest BCUT2D eigenvalue weighted by Crippen LogP contribution is -2.07. The highest BCUT2D eigenvalue weighted by atomic mass is 19.3. The maximum Gasteiger partial charge on any atom is 0.309 e. The van der Waals surface area contributed by atoms with Crippen LogP contribution in [0.1, 0.15) is 23.2 Å². The predicted octanol–water partition coefficient (Wildman–Crippen LogP) is 1.22. The largest absolute Gasteiger partial charge is 0.506 e. The number of carbonyl (C=O) groups is 1. The molecule has 0 aromatic carbocycles. The molecule has 0 atom stereocenters. The summed E-state index contributed by atoms with van der Waals surface area (Å²) < 4.78 is 25.0. The molecule has 1 heterocycles. The zero-order chi connectivity index (χ0) is 12.3. The lowest BCUT2D eigenvalue weighted by molar-refractivity contribution is -0.136. The van der Waals surface area contributed by atoms with Crippen LogP contribution in [-0.2, 0) is 11.2 Å². The number of aliphatic carboxylic acids is 1. The number of halogens is 2. The average molecular weight is 228 g/mol. The van der Waals surface area contributed by atoms with E-state index in [4.69, 9.17) is 15.5 Å². The van der Waals surface area contributed by atoms with Crippen molar-refractivity contribution in [1.29, 1.82) is 5.26 Å². The van der Waals surface area contributed by atoms with Gasteiger partial charge in [0.1, 0.15) is 11.8 Å². The van der Waals surface area contributed by atoms with Gasteiger partial charge in [0, 0.05) is 0 Å². The lowest BCUT2D eigenvalue weighted by Gasteiger charge is -2.08. The zero-order valence-electron chi connectivity index (χ0n) is 7.81. The van der Waals surface area contributed by atoms with E-state index >= 15 is 0 Å². The number of aromatic nitrogens is 1. The molecule has 0 bridgehead atoms. The van der Waals surface area contributed by atoms with Crippen LogP contribution in [0.3, 0.4) is 0 Å². The summed E-state index contributed by atoms with van der Waals surface area (Å²) in [6.45, 7) is 0. The number of hydrogen-bond donors (Lipinski definition) is 2. The Kier molecular flexibility index (Phi) is 3.35. The molecule has 0 spiro atoms. The van der Waals surface area contributed by atoms with Gasteiger partial charge in [-0.3, -0.25) is 9.78 Å². The number of rotatable bonds is 3. The fraction of sp³-hybridized carbons (Fsp3) is 0.222. The second kappa shape index (κ2) is 4.53. The Balaban J connectivity index is 3.38. The fourth-order valence-corrected chi connectivity index (χ4v) is 1.18. The fourth-order valence-electron chi connectivity index (χ4n) is 1.18. The van der Waals surface area contributed by atoms with Crippen molar-refractivity contribution in [2.24, 2.45) is 0 Å². The Morgan fingerprint density at radius 3 is 2.69 bits per heavy atom. The van der Waals surface area contributed by atoms with E-state index in [9.17, 15) is 13.6 Å². The molecule has 1 aromatic rings. The van der Waals surface area contributed by atoms with Gasteiger partial charge in [-0.25, -0.2) is 8.78 Å². The van der Waals surface area contributed by atoms with E-state index < -0.39 is 35.7 Å². The van der Waals surface area contributed by atoms with Gasteiger partial charge in [-0.1, -0.05) is 0 Å². The summed E-state index contributed by atoms with van der Waals surface area (Å²) in [7, 11) is 0. The van der Waals surface area contributed by atoms with Crippen LogP contribution in [0.2, 0.25) is 0 Å². The molecular weight excluding hydrogens is 222 g/mol. The van der Waals surface area contributed by atoms with Crippen LogP contribution < -0.4 is 0 Å². The summed E-state index contributed by atoms with van der Waals surface area (Å²) in [5, 5.41) is 26.3. The highest BCUT2D eigenvalue weighted by Crippen LogP contribution is 2.31. The molecule has 84 valence electrons. The average Bonchev–Trinajstić information content (AvgIpc) is 2.18. The predicted molar refractivity (Wildman–Crippen MR) is 46.9 cm³/mol. The number of pyridine rings is 1. The molecule has 1 aromatic heterocycles. The SMILES string of the molecule is N#Cc1c(CC(=O)O)ncc(O)c1C(F)F. The van der Waals surface area contributed by atoms with Crippen LogP contribution in [0.15, 0.2) is 6.20 Å². The number of alkyl halides is 2. The topological polar surface area (TPSA) is 94.2 Å². The summed E-state index contributed by atoms with van der Waals surface area (Å²) in [5.74, 6) is -2.12. The normalized spacial score (nSPS) is 10.1. The molecule has 0 saturated heterocycles. The maximum atomic E-state index is 12.5. The van der Waals surface area contributed by atoms with Gasteiger partial charge in [0.15, 0.2) is 0 Å². The summed E-state index contributed by atoms with van der Waals surface area (Å²) in [6.07, 6.45) is -3.01. The number of nitriles is 1. The molecule has 1 rings (SSSR count). The lowest BCUT2D eigenvalue weighted by atomic mass is 10.1. The molecule has 0 saturated carbocycles. The zero-order valence-corrected chi connectivity index (χ0v) is 7.81. The first-order valence-electron chi connectivity index (χ1n) is 4.08. The molecular formula is C9H6F2N2O3. The van der Waals surface area contributed by atoms with Crippen molar-refractivity contribution >= 4 is 5.97 Å². The van der Waals surface area contributed by atoms with Crippen molar-refractivity contribution < 1.29 is 23.8 Å². The van der Waals surface area contributed by atoms with E-state index in [1.165, 1.54) is 6.07 Å². The highest BCUT2D eigenvalue weighted by Gasteiger charge is 2.22. The van der Waals surface area contributed by atoms with Crippen molar-refractivity contribution in [2.45, 2.75) is 12.8 Å². The molecule has 0 radical (unpaired) electrons. The highest BCUT2D eigenvalue weighted by molar-refractivity contribution is 5.71. The summed E-state index contributed by atoms with van der Waals surface area (Å²) in [6, 6.07) is 1.43. The summed E-state index contributed by atoms with van der Waals surface area (Å²) in [5.41, 5.74) is -1.76. The first-order valence-corrected chi connectivity index (χ1v) is 4.08. The minimum Gasteiger partial charge on any atom is -0.506 e. The van der Waals surface area contributed by atoms with Gasteiger partial charge in [-0.05, 0) is 0 Å². The van der Waals surface area contributed by atoms with Gasteiger partial charge < -0.3 is 10.2 Å². The third-order valence-corrected chi connectivity index (χ3v) is 1.83. The Morgan fingerprint density at radius 1 is 1.62 bits per heavy atom. The van der Waals surface area contributed by atoms with Crippen LogP contribution in [0.4, 0.5) is 8.78 Å². The van der Waals surface area contributed by atoms with E-state index in [1.54, 1.807) is 0 Å². The van der Waals surface area contributed by atoms with Crippen LogP contribution in [0, 0.1) is 11.3 Å². The first kappa shape index (κ1) is 11.8. The minimum atomic E-state index is -3.06. The maximum absolute atomic E-state index is 12.5. The summed E-state index contributed by atoms with van der Waals surface area (Å²) in [4.78, 5) is 13.8. The Bertz CT molecular complexity index is 469. The molecule has 0 aliphatic rings. The van der Waals surface area contributed by atoms with E-state index in [0.717, 1.165) is 0 Å². The number of nitrogens with zero attached hydrogens (tertiary/aromatic N) is 2. The Morgan fingerprint density at radius 2 is 2.25 bits per heavy atom. The van der Waals surface area contributed by atoms with Crippen molar-refractivity contribution in [3.8, 4) is 11.8 Å². The molecule has 0 fully saturated rings. The van der Waals surface area contributed by atoms with Crippen molar-refractivity contribution in [3.63, 3.8) is 0 Å². The molecule has 0 unspecified atom stereocenters. The van der Waals surface area contributed by atoms with Crippen LogP contribution in [-0.4, -0.2) is 21.2 Å². The van der Waals surface area contributed by atoms with Gasteiger partial charge in [0.25, 0.3) is 6.43 Å². The second-order valence-corrected chi connectivity index (χ2v) is 2.86. The number of aromatic hydroxyl groups is 1. The minimum absolute atomic E-state index is 0.289. The number of hydrogen-bond acceptors (Lipinski definition) is 4. The number of carboxylic acids is 1. The van der Waals surface area contributed by atoms with Crippen molar-refractivity contribution in [1.82, 2.24) is 4.98 Å². The molecule has 0 aliphatic carbocycles. The third kappa shape index (κ3) is 2.23. The second-order valence-electron chi connectivity index (χ2n) is 2.86. The summed E-state index contributed by atoms with van der Waals surface area (Å²) >= 11 is 0. The van der Waals surface area contributed by atoms with Gasteiger partial charge >= 0.3 is 5.97 Å².